The Balaban J connectivity index is 1.28. The minimum absolute atomic E-state index is 0.153. The standard InChI is InChI=1S/C60H41BN4O2/c1-60(2,3)36-28-31-53-45(32-36)57-59(67-53)61-46-23-15-26-49-58(46)65(48-25-14-22-44-41-20-10-12-24-47(41)64(49)56(44)48)51-34-40(62(37-16-6-4-7-17-37)38-18-8-5-9-19-38)33-50(55(51)61)63(57)39-29-30-43-42-21-11-13-27-52(42)66-54(43)35-39/h4-35H,1-3H3/i4D,5D,6D,7D,8D,9D,10D,11D,12D,13D,14D,15D,16D,17D,18D,19D,20D,21D,22D,23D,24D,25D,26D,27D,28D,29D,30D,31D,32D,33D,34D,35D. The Kier molecular flexibility index (Phi) is 3.48. The summed E-state index contributed by atoms with van der Waals surface area (Å²) in [7, 11) is 0. The molecule has 67 heavy (non-hydrogen) atoms. The number of hydrogen-bond acceptors (Lipinski definition) is 5. The second-order valence-electron chi connectivity index (χ2n) is 16.8. The average molecular weight is 893 g/mol. The molecule has 0 bridgehead atoms. The molecule has 6 heterocycles. The van der Waals surface area contributed by atoms with Crippen LogP contribution in [-0.2, 0) is 5.41 Å². The monoisotopic (exact) mass is 893 g/mol. The van der Waals surface area contributed by atoms with Gasteiger partial charge in [-0.15, -0.1) is 0 Å². The number of furan rings is 2. The molecular weight excluding hydrogens is 819 g/mol. The van der Waals surface area contributed by atoms with Gasteiger partial charge in [0.2, 0.25) is 0 Å². The van der Waals surface area contributed by atoms with E-state index in [1.54, 1.807) is 20.8 Å². The highest BCUT2D eigenvalue weighted by Gasteiger charge is 2.49. The van der Waals surface area contributed by atoms with Crippen molar-refractivity contribution >= 4 is 129 Å². The van der Waals surface area contributed by atoms with E-state index in [-0.39, 0.29) is 5.56 Å². The second-order valence-corrected chi connectivity index (χ2v) is 16.8. The van der Waals surface area contributed by atoms with E-state index in [1.165, 1.54) is 0 Å². The van der Waals surface area contributed by atoms with E-state index in [0.717, 1.165) is 14.4 Å². The maximum atomic E-state index is 11.1. The third-order valence-corrected chi connectivity index (χ3v) is 12.2. The topological polar surface area (TPSA) is 40.9 Å². The van der Waals surface area contributed by atoms with E-state index in [1.807, 2.05) is 0 Å². The van der Waals surface area contributed by atoms with Gasteiger partial charge >= 0.3 is 0 Å². The van der Waals surface area contributed by atoms with Gasteiger partial charge in [-0.05, 0) is 106 Å². The van der Waals surface area contributed by atoms with Crippen LogP contribution in [0, 0.1) is 0 Å². The summed E-state index contributed by atoms with van der Waals surface area (Å²) in [6.07, 6.45) is 0. The molecule has 0 amide bonds. The van der Waals surface area contributed by atoms with Crippen molar-refractivity contribution in [2.24, 2.45) is 0 Å². The van der Waals surface area contributed by atoms with E-state index in [2.05, 4.69) is 0 Å². The minimum atomic E-state index is -2.07. The number of para-hydroxylation sites is 6. The molecule has 0 aliphatic carbocycles. The molecule has 12 aromatic rings. The summed E-state index contributed by atoms with van der Waals surface area (Å²) < 4.78 is 319. The molecule has 0 radical (unpaired) electrons. The fourth-order valence-electron chi connectivity index (χ4n) is 9.42. The Bertz CT molecular complexity index is 5870. The third-order valence-electron chi connectivity index (χ3n) is 12.2. The summed E-state index contributed by atoms with van der Waals surface area (Å²) in [5, 5.41) is -2.41. The Morgan fingerprint density at radius 3 is 1.93 bits per heavy atom. The highest BCUT2D eigenvalue weighted by Crippen LogP contribution is 2.55. The van der Waals surface area contributed by atoms with Crippen LogP contribution in [0.15, 0.2) is 202 Å². The van der Waals surface area contributed by atoms with Crippen LogP contribution in [0.4, 0.5) is 51.2 Å². The zero-order valence-electron chi connectivity index (χ0n) is 66.7. The molecule has 0 spiro atoms. The maximum absolute atomic E-state index is 11.1. The van der Waals surface area contributed by atoms with Crippen molar-refractivity contribution in [1.82, 2.24) is 4.57 Å². The summed E-state index contributed by atoms with van der Waals surface area (Å²) in [6.45, 7) is 2.73. The van der Waals surface area contributed by atoms with Crippen LogP contribution >= 0.6 is 0 Å². The molecule has 0 saturated carbocycles. The third kappa shape index (κ3) is 4.95. The maximum Gasteiger partial charge on any atom is 0.297 e. The largest absolute Gasteiger partial charge is 0.468 e. The van der Waals surface area contributed by atoms with Gasteiger partial charge in [-0.25, -0.2) is 0 Å². The zero-order valence-corrected chi connectivity index (χ0v) is 34.7. The molecule has 316 valence electrons. The number of nitrogens with zero attached hydrogens (tertiary/aromatic N) is 4. The van der Waals surface area contributed by atoms with Gasteiger partial charge in [0.25, 0.3) is 6.71 Å². The zero-order chi connectivity index (χ0) is 72.1. The summed E-state index contributed by atoms with van der Waals surface area (Å²) in [6, 6.07) is -30.6. The number of hydrogen-bond donors (Lipinski definition) is 0. The fourth-order valence-corrected chi connectivity index (χ4v) is 9.42. The van der Waals surface area contributed by atoms with Crippen LogP contribution < -0.4 is 31.3 Å². The van der Waals surface area contributed by atoms with Gasteiger partial charge in [0.15, 0.2) is 0 Å². The highest BCUT2D eigenvalue weighted by molar-refractivity contribution is 7.00. The van der Waals surface area contributed by atoms with Gasteiger partial charge in [0.1, 0.15) is 16.7 Å². The van der Waals surface area contributed by atoms with E-state index < -0.39 is 334 Å². The molecule has 0 N–H and O–H groups in total. The number of rotatable bonds is 4. The molecule has 0 atom stereocenters. The van der Waals surface area contributed by atoms with Crippen LogP contribution in [0.5, 0.6) is 0 Å². The van der Waals surface area contributed by atoms with Crippen molar-refractivity contribution in [2.45, 2.75) is 26.2 Å². The van der Waals surface area contributed by atoms with Crippen LogP contribution in [0.3, 0.4) is 0 Å². The first-order chi connectivity index (χ1) is 46.2. The van der Waals surface area contributed by atoms with Crippen molar-refractivity contribution in [2.75, 3.05) is 14.7 Å². The highest BCUT2D eigenvalue weighted by atomic mass is 16.3. The van der Waals surface area contributed by atoms with E-state index in [0.29, 0.717) is 4.90 Å². The van der Waals surface area contributed by atoms with E-state index >= 15 is 0 Å². The van der Waals surface area contributed by atoms with Gasteiger partial charge in [-0.1, -0.05) is 123 Å². The Labute approximate surface area is 432 Å². The lowest BCUT2D eigenvalue weighted by Crippen LogP contribution is -2.61. The predicted molar refractivity (Wildman–Crippen MR) is 279 cm³/mol. The van der Waals surface area contributed by atoms with Crippen molar-refractivity contribution in [1.29, 1.82) is 0 Å². The van der Waals surface area contributed by atoms with Crippen LogP contribution in [-0.4, -0.2) is 11.3 Å². The molecule has 3 aliphatic heterocycles. The molecule has 0 unspecified atom stereocenters. The summed E-state index contributed by atoms with van der Waals surface area (Å²) in [4.78, 5) is 2.24. The van der Waals surface area contributed by atoms with Gasteiger partial charge in [-0.3, -0.25) is 0 Å². The number of fused-ring (bicyclic) bond motifs is 14. The van der Waals surface area contributed by atoms with Crippen LogP contribution in [0.2, 0.25) is 0 Å². The Morgan fingerprint density at radius 1 is 0.478 bits per heavy atom. The molecule has 7 heteroatoms. The molecule has 15 rings (SSSR count). The SMILES string of the molecule is [2H]c1c([2H])c([2H])c(N(c2c([2H])c([2H])c([2H])c([2H])c2[2H])c2c([2H])c3c4c(c2[2H])N2c5c(c([2H])c([2H])c([2H])c5-n5c6c([2H])c([2H])c([2H])c([2H])c6c6c([2H])c([2H])c([2H])c2c65)B4c2oc4c([2H])c([2H])c(C(C)(C)C)c([2H])c4c2N3c2c([2H])c([2H])c3c(oc4c([2H])c([2H])c([2H])c([2H])c43)c2[2H])c([2H])c1[2H]. The number of benzene rings is 9. The smallest absolute Gasteiger partial charge is 0.297 e. The first kappa shape index (κ1) is 17.8. The Morgan fingerprint density at radius 2 is 1.13 bits per heavy atom. The second kappa shape index (κ2) is 13.1. The van der Waals surface area contributed by atoms with Crippen LogP contribution in [0.1, 0.15) is 70.2 Å². The lowest BCUT2D eigenvalue weighted by Gasteiger charge is -2.45. The first-order valence-electron chi connectivity index (χ1n) is 36.6. The molecule has 0 fully saturated rings. The number of aromatic nitrogens is 1. The van der Waals surface area contributed by atoms with Crippen LogP contribution in [0.25, 0.3) is 60.4 Å². The molecule has 0 saturated heterocycles. The normalized spacial score (nSPS) is 20.2. The molecule has 6 nitrogen and oxygen atoms in total. The minimum Gasteiger partial charge on any atom is -0.468 e. The predicted octanol–water partition coefficient (Wildman–Crippen LogP) is 14.6. The van der Waals surface area contributed by atoms with Gasteiger partial charge in [0.05, 0.1) is 89.0 Å². The fraction of sp³-hybridized carbons (Fsp3) is 0.0667. The van der Waals surface area contributed by atoms with E-state index in [4.69, 9.17) is 25.3 Å². The van der Waals surface area contributed by atoms with E-state index in [9.17, 15) is 27.4 Å². The lowest BCUT2D eigenvalue weighted by atomic mass is 9.35. The van der Waals surface area contributed by atoms with Crippen molar-refractivity contribution in [3.8, 4) is 5.69 Å². The molecular formula is C60H41BN4O2. The van der Waals surface area contributed by atoms with Crippen molar-refractivity contribution in [3.63, 3.8) is 0 Å². The summed E-state index contributed by atoms with van der Waals surface area (Å²) in [5.41, 5.74) is -14.2. The van der Waals surface area contributed by atoms with Gasteiger partial charge < -0.3 is 28.1 Å². The summed E-state index contributed by atoms with van der Waals surface area (Å²) in [5.74, 6) is 0. The van der Waals surface area contributed by atoms with Gasteiger partial charge in [0, 0.05) is 61.4 Å². The number of anilines is 9. The lowest BCUT2D eigenvalue weighted by molar-refractivity contribution is 0.590. The molecule has 3 aromatic heterocycles. The first-order valence-corrected chi connectivity index (χ1v) is 20.6. The summed E-state index contributed by atoms with van der Waals surface area (Å²) >= 11 is 0. The van der Waals surface area contributed by atoms with Crippen molar-refractivity contribution in [3.05, 3.63) is 199 Å². The Hall–Kier alpha value is -8.42. The van der Waals surface area contributed by atoms with Gasteiger partial charge in [-0.2, -0.15) is 0 Å². The molecule has 9 aromatic carbocycles. The van der Waals surface area contributed by atoms with Crippen molar-refractivity contribution < 1.29 is 52.7 Å². The molecule has 3 aliphatic rings. The quantitative estimate of drug-likeness (QED) is 0.165. The average Bonchev–Trinajstić information content (AvgIpc) is 1.63.